The molecule has 2 saturated heterocycles. The van der Waals surface area contributed by atoms with E-state index in [0.29, 0.717) is 18.7 Å². The molecule has 4 rings (SSSR count). The van der Waals surface area contributed by atoms with Crippen LogP contribution in [0.25, 0.3) is 0 Å². The van der Waals surface area contributed by atoms with Crippen LogP contribution >= 0.6 is 0 Å². The summed E-state index contributed by atoms with van der Waals surface area (Å²) in [4.78, 5) is 6.76. The molecule has 2 aliphatic heterocycles. The zero-order valence-electron chi connectivity index (χ0n) is 16.7. The Morgan fingerprint density at radius 3 is 2.93 bits per heavy atom. The summed E-state index contributed by atoms with van der Waals surface area (Å²) in [5.74, 6) is 0.773. The standard InChI is InChI=1S/C23H28N4O2/c24-14-20-6-7-22(25-15-20)26-16-21-8-10-23(29-21)17-27(12-13-28-18-23)11-9-19-4-2-1-3-5-19/h1-7,15,21H,8-13,16-18H2,(H,25,26)/t21-,23+/m1/s1. The van der Waals surface area contributed by atoms with Crippen molar-refractivity contribution in [1.29, 1.82) is 5.26 Å². The van der Waals surface area contributed by atoms with Crippen molar-refractivity contribution in [3.63, 3.8) is 0 Å². The number of rotatable bonds is 6. The van der Waals surface area contributed by atoms with Crippen LogP contribution in [-0.2, 0) is 15.9 Å². The van der Waals surface area contributed by atoms with E-state index in [0.717, 1.165) is 51.3 Å². The van der Waals surface area contributed by atoms with E-state index >= 15 is 0 Å². The van der Waals surface area contributed by atoms with Gasteiger partial charge in [0.1, 0.15) is 17.5 Å². The molecule has 2 atom stereocenters. The number of aromatic nitrogens is 1. The summed E-state index contributed by atoms with van der Waals surface area (Å²) in [6.45, 7) is 5.04. The smallest absolute Gasteiger partial charge is 0.126 e. The Labute approximate surface area is 172 Å². The molecule has 1 aromatic heterocycles. The summed E-state index contributed by atoms with van der Waals surface area (Å²) in [6.07, 6.45) is 4.81. The largest absolute Gasteiger partial charge is 0.377 e. The molecule has 29 heavy (non-hydrogen) atoms. The van der Waals surface area contributed by atoms with Crippen molar-refractivity contribution in [2.24, 2.45) is 0 Å². The summed E-state index contributed by atoms with van der Waals surface area (Å²) < 4.78 is 12.4. The molecule has 2 aromatic rings. The van der Waals surface area contributed by atoms with Gasteiger partial charge in [0.2, 0.25) is 0 Å². The Kier molecular flexibility index (Phi) is 6.40. The summed E-state index contributed by atoms with van der Waals surface area (Å²) in [6, 6.07) is 16.3. The molecule has 6 nitrogen and oxygen atoms in total. The van der Waals surface area contributed by atoms with Gasteiger partial charge in [-0.15, -0.1) is 0 Å². The molecule has 2 fully saturated rings. The maximum atomic E-state index is 8.87. The molecular weight excluding hydrogens is 364 g/mol. The molecule has 2 aliphatic rings. The Bertz CT molecular complexity index is 821. The third kappa shape index (κ3) is 5.33. The number of anilines is 1. The van der Waals surface area contributed by atoms with Gasteiger partial charge in [-0.25, -0.2) is 4.98 Å². The first kappa shape index (κ1) is 19.8. The van der Waals surface area contributed by atoms with Crippen LogP contribution < -0.4 is 5.32 Å². The van der Waals surface area contributed by atoms with E-state index in [2.05, 4.69) is 51.6 Å². The summed E-state index contributed by atoms with van der Waals surface area (Å²) >= 11 is 0. The van der Waals surface area contributed by atoms with Crippen molar-refractivity contribution >= 4 is 5.82 Å². The second-order valence-electron chi connectivity index (χ2n) is 7.95. The van der Waals surface area contributed by atoms with Crippen LogP contribution in [0.15, 0.2) is 48.7 Å². The molecule has 0 saturated carbocycles. The van der Waals surface area contributed by atoms with Gasteiger partial charge in [0.15, 0.2) is 0 Å². The molecule has 0 aliphatic carbocycles. The fraction of sp³-hybridized carbons (Fsp3) is 0.478. The van der Waals surface area contributed by atoms with Crippen molar-refractivity contribution in [3.05, 3.63) is 59.8 Å². The highest BCUT2D eigenvalue weighted by molar-refractivity contribution is 5.39. The number of ether oxygens (including phenoxy) is 2. The first-order valence-corrected chi connectivity index (χ1v) is 10.4. The van der Waals surface area contributed by atoms with E-state index in [1.807, 2.05) is 6.07 Å². The molecule has 1 spiro atoms. The number of benzene rings is 1. The lowest BCUT2D eigenvalue weighted by molar-refractivity contribution is -0.0820. The zero-order valence-corrected chi connectivity index (χ0v) is 16.7. The van der Waals surface area contributed by atoms with Gasteiger partial charge in [0.05, 0.1) is 24.9 Å². The maximum Gasteiger partial charge on any atom is 0.126 e. The van der Waals surface area contributed by atoms with E-state index in [9.17, 15) is 0 Å². The van der Waals surface area contributed by atoms with Gasteiger partial charge in [-0.1, -0.05) is 30.3 Å². The number of pyridine rings is 1. The van der Waals surface area contributed by atoms with E-state index < -0.39 is 0 Å². The molecular formula is C23H28N4O2. The highest BCUT2D eigenvalue weighted by Gasteiger charge is 2.42. The van der Waals surface area contributed by atoms with Crippen LogP contribution in [0.5, 0.6) is 0 Å². The lowest BCUT2D eigenvalue weighted by atomic mass is 10.00. The number of nitriles is 1. The van der Waals surface area contributed by atoms with Gasteiger partial charge in [-0.2, -0.15) is 5.26 Å². The van der Waals surface area contributed by atoms with Crippen LogP contribution in [0, 0.1) is 11.3 Å². The van der Waals surface area contributed by atoms with Gasteiger partial charge >= 0.3 is 0 Å². The van der Waals surface area contributed by atoms with Gasteiger partial charge in [0.25, 0.3) is 0 Å². The minimum Gasteiger partial charge on any atom is -0.377 e. The van der Waals surface area contributed by atoms with Crippen molar-refractivity contribution in [1.82, 2.24) is 9.88 Å². The quantitative estimate of drug-likeness (QED) is 0.815. The molecule has 152 valence electrons. The van der Waals surface area contributed by atoms with Crippen LogP contribution in [0.4, 0.5) is 5.82 Å². The lowest BCUT2D eigenvalue weighted by Gasteiger charge is -2.32. The first-order chi connectivity index (χ1) is 14.2. The van der Waals surface area contributed by atoms with E-state index in [4.69, 9.17) is 14.7 Å². The summed E-state index contributed by atoms with van der Waals surface area (Å²) in [5, 5.41) is 12.2. The topological polar surface area (TPSA) is 70.4 Å². The highest BCUT2D eigenvalue weighted by atomic mass is 16.6. The molecule has 0 bridgehead atoms. The molecule has 0 amide bonds. The SMILES string of the molecule is N#Cc1ccc(NC[C@H]2CC[C@]3(COCCN(CCc4ccccc4)C3)O2)nc1. The lowest BCUT2D eigenvalue weighted by Crippen LogP contribution is -2.45. The minimum atomic E-state index is -0.211. The Balaban J connectivity index is 1.29. The van der Waals surface area contributed by atoms with Crippen LogP contribution in [-0.4, -0.2) is 61.0 Å². The highest BCUT2D eigenvalue weighted by Crippen LogP contribution is 2.33. The Morgan fingerprint density at radius 1 is 1.24 bits per heavy atom. The molecule has 6 heteroatoms. The Hall–Kier alpha value is -2.46. The second-order valence-corrected chi connectivity index (χ2v) is 7.95. The minimum absolute atomic E-state index is 0.144. The molecule has 3 heterocycles. The monoisotopic (exact) mass is 392 g/mol. The molecule has 0 radical (unpaired) electrons. The normalized spacial score (nSPS) is 24.9. The first-order valence-electron chi connectivity index (χ1n) is 10.4. The van der Waals surface area contributed by atoms with E-state index in [-0.39, 0.29) is 11.7 Å². The Morgan fingerprint density at radius 2 is 2.14 bits per heavy atom. The van der Waals surface area contributed by atoms with Crippen LogP contribution in [0.1, 0.15) is 24.0 Å². The molecule has 1 N–H and O–H groups in total. The van der Waals surface area contributed by atoms with E-state index in [1.165, 1.54) is 5.56 Å². The predicted molar refractivity (Wildman–Crippen MR) is 112 cm³/mol. The van der Waals surface area contributed by atoms with Gasteiger partial charge in [-0.05, 0) is 37.0 Å². The summed E-state index contributed by atoms with van der Waals surface area (Å²) in [5.41, 5.74) is 1.73. The zero-order chi connectivity index (χ0) is 19.9. The fourth-order valence-electron chi connectivity index (χ4n) is 4.15. The molecule has 0 unspecified atom stereocenters. The third-order valence-corrected chi connectivity index (χ3v) is 5.73. The van der Waals surface area contributed by atoms with Crippen molar-refractivity contribution in [2.45, 2.75) is 31.0 Å². The van der Waals surface area contributed by atoms with E-state index in [1.54, 1.807) is 12.3 Å². The number of hydrogen-bond donors (Lipinski definition) is 1. The maximum absolute atomic E-state index is 8.87. The van der Waals surface area contributed by atoms with Crippen LogP contribution in [0.3, 0.4) is 0 Å². The van der Waals surface area contributed by atoms with Gasteiger partial charge in [-0.3, -0.25) is 4.90 Å². The predicted octanol–water partition coefficient (Wildman–Crippen LogP) is 2.86. The van der Waals surface area contributed by atoms with Gasteiger partial charge < -0.3 is 14.8 Å². The number of nitrogens with zero attached hydrogens (tertiary/aromatic N) is 3. The van der Waals surface area contributed by atoms with Crippen molar-refractivity contribution in [2.75, 3.05) is 44.7 Å². The van der Waals surface area contributed by atoms with Crippen LogP contribution in [0.2, 0.25) is 0 Å². The summed E-state index contributed by atoms with van der Waals surface area (Å²) in [7, 11) is 0. The average molecular weight is 393 g/mol. The third-order valence-electron chi connectivity index (χ3n) is 5.73. The van der Waals surface area contributed by atoms with Gasteiger partial charge in [0, 0.05) is 32.4 Å². The number of hydrogen-bond acceptors (Lipinski definition) is 6. The van der Waals surface area contributed by atoms with Crippen molar-refractivity contribution < 1.29 is 9.47 Å². The molecule has 1 aromatic carbocycles. The van der Waals surface area contributed by atoms with Crippen molar-refractivity contribution in [3.8, 4) is 6.07 Å². The second kappa shape index (κ2) is 9.36. The fourth-order valence-corrected chi connectivity index (χ4v) is 4.15. The number of nitrogens with one attached hydrogen (secondary N) is 1. The average Bonchev–Trinajstić information content (AvgIpc) is 3.05.